The third kappa shape index (κ3) is 3.31. The highest BCUT2D eigenvalue weighted by Crippen LogP contribution is 1.92. The van der Waals surface area contributed by atoms with Crippen LogP contribution < -0.4 is 0 Å². The van der Waals surface area contributed by atoms with E-state index < -0.39 is 0 Å². The molecule has 1 radical (unpaired) electrons. The molecule has 0 heterocycles. The van der Waals surface area contributed by atoms with E-state index in [1.54, 1.807) is 6.08 Å². The summed E-state index contributed by atoms with van der Waals surface area (Å²) in [6, 6.07) is 0. The Balaban J connectivity index is 3.49. The van der Waals surface area contributed by atoms with Crippen molar-refractivity contribution in [2.45, 2.75) is 20.3 Å². The molecule has 39 valence electrons. The Bertz CT molecular complexity index is 78.0. The van der Waals surface area contributed by atoms with Gasteiger partial charge in [0.25, 0.3) is 0 Å². The number of hydrogen-bond donors (Lipinski definition) is 0. The highest BCUT2D eigenvalue weighted by atomic mass is 13.8. The van der Waals surface area contributed by atoms with Crippen LogP contribution >= 0.6 is 0 Å². The van der Waals surface area contributed by atoms with Gasteiger partial charge in [-0.3, -0.25) is 0 Å². The van der Waals surface area contributed by atoms with E-state index in [-0.39, 0.29) is 0 Å². The summed E-state index contributed by atoms with van der Waals surface area (Å²) < 4.78 is 0. The van der Waals surface area contributed by atoms with Gasteiger partial charge in [0.1, 0.15) is 0 Å². The Morgan fingerprint density at radius 3 is 2.43 bits per heavy atom. The van der Waals surface area contributed by atoms with Crippen LogP contribution in [0.3, 0.4) is 0 Å². The first-order chi connectivity index (χ1) is 3.31. The summed E-state index contributed by atoms with van der Waals surface area (Å²) >= 11 is 0. The van der Waals surface area contributed by atoms with Gasteiger partial charge in [-0.25, -0.2) is 0 Å². The van der Waals surface area contributed by atoms with Gasteiger partial charge < -0.3 is 0 Å². The second-order valence-electron chi connectivity index (χ2n) is 1.52. The first kappa shape index (κ1) is 6.48. The molecular formula is C7H11. The minimum Gasteiger partial charge on any atom is -0.0819 e. The third-order valence-electron chi connectivity index (χ3n) is 0.789. The normalized spacial score (nSPS) is 11.4. The molecule has 0 unspecified atom stereocenters. The molecule has 0 amide bonds. The van der Waals surface area contributed by atoms with Crippen molar-refractivity contribution >= 4 is 0 Å². The predicted molar refractivity (Wildman–Crippen MR) is 32.9 cm³/mol. The lowest BCUT2D eigenvalue weighted by molar-refractivity contribution is 1.20. The van der Waals surface area contributed by atoms with Crippen LogP contribution in [-0.2, 0) is 0 Å². The average Bonchev–Trinajstić information content (AvgIpc) is 1.68. The first-order valence-corrected chi connectivity index (χ1v) is 2.53. The van der Waals surface area contributed by atoms with Crippen molar-refractivity contribution < 1.29 is 0 Å². The topological polar surface area (TPSA) is 0 Å². The van der Waals surface area contributed by atoms with Crippen molar-refractivity contribution in [1.29, 1.82) is 0 Å². The van der Waals surface area contributed by atoms with Crippen LogP contribution in [0.2, 0.25) is 0 Å². The maximum Gasteiger partial charge on any atom is -0.0374 e. The summed E-state index contributed by atoms with van der Waals surface area (Å²) in [6.45, 7) is 9.24. The SMILES string of the molecule is [CH]=C/C(C)=C/CC. The fraction of sp³-hybridized carbons (Fsp3) is 0.429. The quantitative estimate of drug-likeness (QED) is 0.462. The lowest BCUT2D eigenvalue weighted by Crippen LogP contribution is -1.62. The molecule has 0 fully saturated rings. The highest BCUT2D eigenvalue weighted by molar-refractivity contribution is 5.10. The summed E-state index contributed by atoms with van der Waals surface area (Å²) in [5.41, 5.74) is 1.16. The smallest absolute Gasteiger partial charge is 0.0374 e. The molecule has 0 nitrogen and oxygen atoms in total. The molecule has 7 heavy (non-hydrogen) atoms. The first-order valence-electron chi connectivity index (χ1n) is 2.53. The van der Waals surface area contributed by atoms with Crippen LogP contribution in [0, 0.1) is 6.58 Å². The van der Waals surface area contributed by atoms with E-state index in [9.17, 15) is 0 Å². The Hall–Kier alpha value is -0.520. The fourth-order valence-corrected chi connectivity index (χ4v) is 0.390. The molecule has 0 atom stereocenters. The summed E-state index contributed by atoms with van der Waals surface area (Å²) in [4.78, 5) is 0. The highest BCUT2D eigenvalue weighted by Gasteiger charge is 1.72. The molecule has 0 aromatic heterocycles. The summed E-state index contributed by atoms with van der Waals surface area (Å²) in [5.74, 6) is 0. The van der Waals surface area contributed by atoms with Gasteiger partial charge >= 0.3 is 0 Å². The summed E-state index contributed by atoms with van der Waals surface area (Å²) in [5, 5.41) is 0. The van der Waals surface area contributed by atoms with Gasteiger partial charge in [0, 0.05) is 0 Å². The van der Waals surface area contributed by atoms with E-state index in [2.05, 4.69) is 13.0 Å². The van der Waals surface area contributed by atoms with Gasteiger partial charge in [-0.15, -0.1) is 0 Å². The average molecular weight is 95.2 g/mol. The van der Waals surface area contributed by atoms with E-state index in [1.165, 1.54) is 0 Å². The third-order valence-corrected chi connectivity index (χ3v) is 0.789. The Kier molecular flexibility index (Phi) is 3.39. The zero-order chi connectivity index (χ0) is 5.70. The number of hydrogen-bond acceptors (Lipinski definition) is 0. The molecule has 0 N–H and O–H groups in total. The second kappa shape index (κ2) is 3.66. The summed E-state index contributed by atoms with van der Waals surface area (Å²) in [6.07, 6.45) is 4.77. The number of allylic oxidation sites excluding steroid dienone is 3. The van der Waals surface area contributed by atoms with Crippen molar-refractivity contribution in [3.63, 3.8) is 0 Å². The maximum absolute atomic E-state index is 5.16. The Morgan fingerprint density at radius 1 is 1.71 bits per heavy atom. The largest absolute Gasteiger partial charge is 0.0819 e. The molecule has 0 aliphatic carbocycles. The lowest BCUT2D eigenvalue weighted by Gasteiger charge is -1.83. The molecule has 0 aliphatic rings. The Labute approximate surface area is 45.5 Å². The van der Waals surface area contributed by atoms with Crippen LogP contribution in [0.5, 0.6) is 0 Å². The van der Waals surface area contributed by atoms with Crippen LogP contribution in [0.1, 0.15) is 20.3 Å². The lowest BCUT2D eigenvalue weighted by atomic mass is 10.2. The second-order valence-corrected chi connectivity index (χ2v) is 1.52. The summed E-state index contributed by atoms with van der Waals surface area (Å²) in [7, 11) is 0. The van der Waals surface area contributed by atoms with Crippen LogP contribution in [0.25, 0.3) is 0 Å². The minimum atomic E-state index is 1.07. The molecule has 0 bridgehead atoms. The fourth-order valence-electron chi connectivity index (χ4n) is 0.390. The van der Waals surface area contributed by atoms with Crippen molar-refractivity contribution in [1.82, 2.24) is 0 Å². The van der Waals surface area contributed by atoms with E-state index in [0.29, 0.717) is 0 Å². The van der Waals surface area contributed by atoms with Gasteiger partial charge in [0.15, 0.2) is 0 Å². The van der Waals surface area contributed by atoms with Crippen LogP contribution in [0.4, 0.5) is 0 Å². The zero-order valence-corrected chi connectivity index (χ0v) is 4.94. The van der Waals surface area contributed by atoms with Crippen molar-refractivity contribution in [2.24, 2.45) is 0 Å². The molecule has 0 spiro atoms. The van der Waals surface area contributed by atoms with Gasteiger partial charge in [0.05, 0.1) is 0 Å². The molecule has 0 aliphatic heterocycles. The minimum absolute atomic E-state index is 1.07. The molecule has 0 saturated heterocycles. The van der Waals surface area contributed by atoms with Gasteiger partial charge in [-0.2, -0.15) is 0 Å². The monoisotopic (exact) mass is 95.1 g/mol. The zero-order valence-electron chi connectivity index (χ0n) is 4.94. The molecular weight excluding hydrogens is 84.1 g/mol. The van der Waals surface area contributed by atoms with E-state index in [1.807, 2.05) is 6.92 Å². The van der Waals surface area contributed by atoms with Gasteiger partial charge in [-0.05, 0) is 13.3 Å². The van der Waals surface area contributed by atoms with E-state index in [0.717, 1.165) is 12.0 Å². The van der Waals surface area contributed by atoms with Gasteiger partial charge in [0.2, 0.25) is 0 Å². The van der Waals surface area contributed by atoms with Crippen molar-refractivity contribution in [3.8, 4) is 0 Å². The molecule has 0 aromatic carbocycles. The maximum atomic E-state index is 5.16. The van der Waals surface area contributed by atoms with Gasteiger partial charge in [-0.1, -0.05) is 31.2 Å². The predicted octanol–water partition coefficient (Wildman–Crippen LogP) is 2.33. The molecule has 0 rings (SSSR count). The molecule has 0 saturated carbocycles. The van der Waals surface area contributed by atoms with E-state index in [4.69, 9.17) is 6.58 Å². The Morgan fingerprint density at radius 2 is 2.29 bits per heavy atom. The van der Waals surface area contributed by atoms with Crippen LogP contribution in [-0.4, -0.2) is 0 Å². The standard InChI is InChI=1S/C7H11/c1-4-6-7(3)5-2/h2,5-6H,4H2,1,3H3/b5-2?,7-6+. The van der Waals surface area contributed by atoms with Crippen LogP contribution in [0.15, 0.2) is 17.7 Å². The number of rotatable bonds is 2. The molecule has 0 aromatic rings. The molecule has 0 heteroatoms. The van der Waals surface area contributed by atoms with Crippen molar-refractivity contribution in [2.75, 3.05) is 0 Å². The van der Waals surface area contributed by atoms with E-state index >= 15 is 0 Å². The van der Waals surface area contributed by atoms with Crippen molar-refractivity contribution in [3.05, 3.63) is 24.3 Å².